The van der Waals surface area contributed by atoms with Crippen LogP contribution in [0.15, 0.2) is 15.9 Å². The van der Waals surface area contributed by atoms with E-state index in [9.17, 15) is 4.79 Å². The van der Waals surface area contributed by atoms with Gasteiger partial charge >= 0.3 is 0 Å². The summed E-state index contributed by atoms with van der Waals surface area (Å²) in [6.45, 7) is 2.81. The predicted molar refractivity (Wildman–Crippen MR) is 64.3 cm³/mol. The summed E-state index contributed by atoms with van der Waals surface area (Å²) in [5.41, 5.74) is 0. The lowest BCUT2D eigenvalue weighted by atomic mass is 9.99. The van der Waals surface area contributed by atoms with Gasteiger partial charge < -0.3 is 4.74 Å². The molecule has 4 heteroatoms. The van der Waals surface area contributed by atoms with Crippen LogP contribution in [0.3, 0.4) is 0 Å². The minimum Gasteiger partial charge on any atom is -0.370 e. The number of ketones is 1. The van der Waals surface area contributed by atoms with Gasteiger partial charge in [-0.25, -0.2) is 0 Å². The van der Waals surface area contributed by atoms with E-state index in [0.29, 0.717) is 12.3 Å². The molecule has 2 atom stereocenters. The van der Waals surface area contributed by atoms with Crippen LogP contribution < -0.4 is 0 Å². The lowest BCUT2D eigenvalue weighted by Gasteiger charge is -2.12. The van der Waals surface area contributed by atoms with E-state index in [1.54, 1.807) is 11.3 Å². The molecular formula is C11H13BrO2S. The monoisotopic (exact) mass is 288 g/mol. The van der Waals surface area contributed by atoms with Crippen molar-refractivity contribution in [3.05, 3.63) is 20.8 Å². The number of thiophene rings is 1. The third-order valence-electron chi connectivity index (χ3n) is 2.67. The fourth-order valence-electron chi connectivity index (χ4n) is 1.83. The molecule has 1 saturated heterocycles. The van der Waals surface area contributed by atoms with E-state index < -0.39 is 0 Å². The van der Waals surface area contributed by atoms with Crippen LogP contribution in [0.25, 0.3) is 0 Å². The van der Waals surface area contributed by atoms with Crippen molar-refractivity contribution in [1.82, 2.24) is 0 Å². The molecule has 1 aliphatic rings. The minimum atomic E-state index is -0.175. The average Bonchev–Trinajstić information content (AvgIpc) is 2.75. The topological polar surface area (TPSA) is 26.3 Å². The number of ether oxygens (including phenoxy) is 1. The van der Waals surface area contributed by atoms with Crippen molar-refractivity contribution in [2.24, 2.45) is 5.92 Å². The molecule has 2 nitrogen and oxygen atoms in total. The van der Waals surface area contributed by atoms with Gasteiger partial charge in [-0.3, -0.25) is 4.79 Å². The van der Waals surface area contributed by atoms with Gasteiger partial charge in [0.15, 0.2) is 5.78 Å². The highest BCUT2D eigenvalue weighted by molar-refractivity contribution is 9.10. The molecule has 0 amide bonds. The summed E-state index contributed by atoms with van der Waals surface area (Å²) in [6.07, 6.45) is 1.33. The van der Waals surface area contributed by atoms with Crippen LogP contribution in [-0.2, 0) is 16.0 Å². The van der Waals surface area contributed by atoms with Crippen LogP contribution >= 0.6 is 27.3 Å². The summed E-state index contributed by atoms with van der Waals surface area (Å²) in [6, 6.07) is 2.00. The van der Waals surface area contributed by atoms with Gasteiger partial charge in [-0.1, -0.05) is 6.92 Å². The Balaban J connectivity index is 1.97. The van der Waals surface area contributed by atoms with Crippen molar-refractivity contribution in [2.75, 3.05) is 6.61 Å². The Kier molecular flexibility index (Phi) is 3.59. The maximum atomic E-state index is 11.9. The number of rotatable bonds is 3. The number of hydrogen-bond acceptors (Lipinski definition) is 3. The highest BCUT2D eigenvalue weighted by Gasteiger charge is 2.30. The Bertz CT molecular complexity index is 361. The van der Waals surface area contributed by atoms with E-state index in [-0.39, 0.29) is 11.9 Å². The Morgan fingerprint density at radius 2 is 2.53 bits per heavy atom. The van der Waals surface area contributed by atoms with Gasteiger partial charge in [-0.05, 0) is 34.3 Å². The Morgan fingerprint density at radius 1 is 1.73 bits per heavy atom. The Labute approximate surface area is 102 Å². The normalized spacial score (nSPS) is 25.7. The van der Waals surface area contributed by atoms with Gasteiger partial charge in [0, 0.05) is 27.8 Å². The first-order valence-corrected chi connectivity index (χ1v) is 6.71. The molecule has 0 aromatic carbocycles. The first kappa shape index (κ1) is 11.3. The second-order valence-electron chi connectivity index (χ2n) is 3.93. The van der Waals surface area contributed by atoms with Gasteiger partial charge in [0.1, 0.15) is 6.10 Å². The van der Waals surface area contributed by atoms with Crippen LogP contribution in [0.1, 0.15) is 18.2 Å². The largest absolute Gasteiger partial charge is 0.370 e. The van der Waals surface area contributed by atoms with Crippen LogP contribution in [0.2, 0.25) is 0 Å². The van der Waals surface area contributed by atoms with Crippen molar-refractivity contribution in [1.29, 1.82) is 0 Å². The molecule has 0 aliphatic carbocycles. The summed E-state index contributed by atoms with van der Waals surface area (Å²) >= 11 is 5.00. The molecule has 1 aromatic heterocycles. The van der Waals surface area contributed by atoms with Gasteiger partial charge in [0.2, 0.25) is 0 Å². The first-order valence-electron chi connectivity index (χ1n) is 5.04. The standard InChI is InChI=1S/C11H13BrO2S/c1-7-2-3-14-11(7)10(13)5-9-4-8(12)6-15-9/h4,6-7,11H,2-3,5H2,1H3. The van der Waals surface area contributed by atoms with E-state index >= 15 is 0 Å². The van der Waals surface area contributed by atoms with Crippen LogP contribution in [-0.4, -0.2) is 18.5 Å². The molecule has 15 heavy (non-hydrogen) atoms. The molecular weight excluding hydrogens is 276 g/mol. The number of halogens is 1. The third kappa shape index (κ3) is 2.68. The van der Waals surface area contributed by atoms with E-state index in [2.05, 4.69) is 22.9 Å². The molecule has 2 heterocycles. The second-order valence-corrected chi connectivity index (χ2v) is 5.84. The van der Waals surface area contributed by atoms with E-state index in [1.807, 2.05) is 11.4 Å². The Morgan fingerprint density at radius 3 is 3.07 bits per heavy atom. The molecule has 0 spiro atoms. The van der Waals surface area contributed by atoms with Gasteiger partial charge in [0.05, 0.1) is 0 Å². The minimum absolute atomic E-state index is 0.175. The number of carbonyl (C=O) groups excluding carboxylic acids is 1. The Hall–Kier alpha value is -0.190. The maximum absolute atomic E-state index is 11.9. The highest BCUT2D eigenvalue weighted by atomic mass is 79.9. The zero-order valence-corrected chi connectivity index (χ0v) is 10.9. The summed E-state index contributed by atoms with van der Waals surface area (Å²) in [7, 11) is 0. The summed E-state index contributed by atoms with van der Waals surface area (Å²) < 4.78 is 6.50. The van der Waals surface area contributed by atoms with E-state index in [4.69, 9.17) is 4.74 Å². The van der Waals surface area contributed by atoms with Crippen molar-refractivity contribution in [3.8, 4) is 0 Å². The summed E-state index contributed by atoms with van der Waals surface area (Å²) in [4.78, 5) is 13.0. The molecule has 0 saturated carbocycles. The van der Waals surface area contributed by atoms with Crippen molar-refractivity contribution in [3.63, 3.8) is 0 Å². The number of Topliss-reactive ketones (excluding diaryl/α,β-unsaturated/α-hetero) is 1. The smallest absolute Gasteiger partial charge is 0.166 e. The van der Waals surface area contributed by atoms with E-state index in [1.165, 1.54) is 0 Å². The SMILES string of the molecule is CC1CCOC1C(=O)Cc1cc(Br)cs1. The second kappa shape index (κ2) is 4.76. The molecule has 0 bridgehead atoms. The maximum Gasteiger partial charge on any atom is 0.166 e. The zero-order chi connectivity index (χ0) is 10.8. The quantitative estimate of drug-likeness (QED) is 0.855. The molecule has 0 N–H and O–H groups in total. The van der Waals surface area contributed by atoms with Crippen LogP contribution in [0.5, 0.6) is 0 Å². The van der Waals surface area contributed by atoms with Crippen LogP contribution in [0.4, 0.5) is 0 Å². The summed E-state index contributed by atoms with van der Waals surface area (Å²) in [5, 5.41) is 2.00. The fourth-order valence-corrected chi connectivity index (χ4v) is 3.29. The molecule has 0 radical (unpaired) electrons. The first-order chi connectivity index (χ1) is 7.16. The lowest BCUT2D eigenvalue weighted by molar-refractivity contribution is -0.128. The molecule has 2 rings (SSSR count). The molecule has 2 unspecified atom stereocenters. The average molecular weight is 289 g/mol. The third-order valence-corrected chi connectivity index (χ3v) is 4.37. The van der Waals surface area contributed by atoms with Gasteiger partial charge in [-0.2, -0.15) is 0 Å². The fraction of sp³-hybridized carbons (Fsp3) is 0.545. The summed E-state index contributed by atoms with van der Waals surface area (Å²) in [5.74, 6) is 0.593. The van der Waals surface area contributed by atoms with Gasteiger partial charge in [-0.15, -0.1) is 11.3 Å². The number of carbonyl (C=O) groups is 1. The molecule has 1 fully saturated rings. The van der Waals surface area contributed by atoms with Gasteiger partial charge in [0.25, 0.3) is 0 Å². The predicted octanol–water partition coefficient (Wildman–Crippen LogP) is 3.05. The van der Waals surface area contributed by atoms with Crippen molar-refractivity contribution in [2.45, 2.75) is 25.9 Å². The van der Waals surface area contributed by atoms with E-state index in [0.717, 1.165) is 22.4 Å². The molecule has 82 valence electrons. The van der Waals surface area contributed by atoms with Crippen LogP contribution in [0, 0.1) is 5.92 Å². The van der Waals surface area contributed by atoms with Crippen molar-refractivity contribution < 1.29 is 9.53 Å². The molecule has 1 aromatic rings. The molecule has 1 aliphatic heterocycles. The van der Waals surface area contributed by atoms with Crippen molar-refractivity contribution >= 4 is 33.0 Å². The zero-order valence-electron chi connectivity index (χ0n) is 8.53. The number of hydrogen-bond donors (Lipinski definition) is 0. The lowest BCUT2D eigenvalue weighted by Crippen LogP contribution is -2.26. The highest BCUT2D eigenvalue weighted by Crippen LogP contribution is 2.25.